The maximum Gasteiger partial charge on any atom is 0.281 e. The summed E-state index contributed by atoms with van der Waals surface area (Å²) in [6, 6.07) is 6.49. The second kappa shape index (κ2) is 7.81. The van der Waals surface area contributed by atoms with E-state index in [1.807, 2.05) is 20.8 Å². The third kappa shape index (κ3) is 4.16. The lowest BCUT2D eigenvalue weighted by atomic mass is 9.87. The van der Waals surface area contributed by atoms with E-state index < -0.39 is 38.6 Å². The van der Waals surface area contributed by atoms with Gasteiger partial charge in [0.2, 0.25) is 0 Å². The molecule has 0 aromatic heterocycles. The zero-order valence-electron chi connectivity index (χ0n) is 16.1. The van der Waals surface area contributed by atoms with Gasteiger partial charge in [-0.05, 0) is 42.8 Å². The van der Waals surface area contributed by atoms with E-state index in [1.54, 1.807) is 0 Å². The molecule has 0 fully saturated rings. The lowest BCUT2D eigenvalue weighted by Gasteiger charge is -2.44. The van der Waals surface area contributed by atoms with Gasteiger partial charge in [0.15, 0.2) is 8.32 Å². The molecule has 0 bridgehead atoms. The summed E-state index contributed by atoms with van der Waals surface area (Å²) in [5.74, 6) is -4.25. The van der Waals surface area contributed by atoms with Gasteiger partial charge >= 0.3 is 0 Å². The number of hydrogen-bond acceptors (Lipinski definition) is 2. The van der Waals surface area contributed by atoms with E-state index in [-0.39, 0.29) is 5.56 Å². The van der Waals surface area contributed by atoms with E-state index in [0.717, 1.165) is 12.1 Å². The van der Waals surface area contributed by atoms with Crippen LogP contribution in [0, 0.1) is 5.82 Å². The summed E-state index contributed by atoms with van der Waals surface area (Å²) in [4.78, 5) is 0. The van der Waals surface area contributed by atoms with Gasteiger partial charge in [0.1, 0.15) is 11.4 Å². The summed E-state index contributed by atoms with van der Waals surface area (Å²) >= 11 is 0. The Labute approximate surface area is 140 Å². The third-order valence-corrected chi connectivity index (χ3v) is 9.46. The van der Waals surface area contributed by atoms with Gasteiger partial charge in [-0.3, -0.25) is 0 Å². The molecule has 0 radical (unpaired) electrons. The minimum Gasteiger partial charge on any atom is -0.402 e. The van der Waals surface area contributed by atoms with Crippen LogP contribution >= 0.6 is 0 Å². The van der Waals surface area contributed by atoms with Gasteiger partial charge in [-0.1, -0.05) is 32.9 Å². The second-order valence-electron chi connectivity index (χ2n) is 5.93. The smallest absolute Gasteiger partial charge is 0.281 e. The Morgan fingerprint density at radius 1 is 1.13 bits per heavy atom. The van der Waals surface area contributed by atoms with Crippen molar-refractivity contribution in [2.75, 3.05) is 6.56 Å². The van der Waals surface area contributed by atoms with Gasteiger partial charge in [0.25, 0.3) is 5.92 Å². The second-order valence-corrected chi connectivity index (χ2v) is 10.6. The van der Waals surface area contributed by atoms with Crippen LogP contribution in [0.25, 0.3) is 0 Å². The largest absolute Gasteiger partial charge is 0.402 e. The Kier molecular flexibility index (Phi) is 5.77. The quantitative estimate of drug-likeness (QED) is 0.629. The van der Waals surface area contributed by atoms with Crippen molar-refractivity contribution in [3.8, 4) is 0 Å². The van der Waals surface area contributed by atoms with Crippen LogP contribution in [0.2, 0.25) is 18.1 Å². The molecule has 1 unspecified atom stereocenters. The molecule has 1 N–H and O–H groups in total. The molecule has 6 heteroatoms. The van der Waals surface area contributed by atoms with Gasteiger partial charge in [-0.15, -0.1) is 0 Å². The van der Waals surface area contributed by atoms with E-state index in [2.05, 4.69) is 0 Å². The van der Waals surface area contributed by atoms with Crippen LogP contribution in [0.15, 0.2) is 24.3 Å². The lowest BCUT2D eigenvalue weighted by molar-refractivity contribution is -0.176. The summed E-state index contributed by atoms with van der Waals surface area (Å²) in [7, 11) is -2.51. The fraction of sp³-hybridized carbons (Fsp3) is 0.647. The number of hydrogen-bond donors (Lipinski definition) is 1. The highest BCUT2D eigenvalue weighted by molar-refractivity contribution is 6.73. The number of aliphatic hydroxyl groups is 1. The number of rotatable bonds is 9. The first-order valence-electron chi connectivity index (χ1n) is 8.91. The predicted molar refractivity (Wildman–Crippen MR) is 88.7 cm³/mol. The number of benzene rings is 1. The normalized spacial score (nSPS) is 17.4. The molecule has 1 rings (SSSR count). The monoisotopic (exact) mass is 350 g/mol. The molecule has 0 aliphatic carbocycles. The highest BCUT2D eigenvalue weighted by Crippen LogP contribution is 2.46. The van der Waals surface area contributed by atoms with E-state index in [4.69, 9.17) is 7.17 Å². The minimum atomic E-state index is -3.69. The zero-order chi connectivity index (χ0) is 19.5. The van der Waals surface area contributed by atoms with Gasteiger partial charge in [0.05, 0.1) is 2.74 Å². The molecule has 132 valence electrons. The molecule has 0 aliphatic heterocycles. The van der Waals surface area contributed by atoms with Crippen molar-refractivity contribution in [1.82, 2.24) is 0 Å². The van der Waals surface area contributed by atoms with Crippen LogP contribution in [-0.4, -0.2) is 25.9 Å². The van der Waals surface area contributed by atoms with Crippen molar-refractivity contribution in [3.05, 3.63) is 35.6 Å². The molecule has 0 heterocycles. The molecule has 0 amide bonds. The summed E-state index contributed by atoms with van der Waals surface area (Å²) in [5, 5.41) is 9.33. The highest BCUT2D eigenvalue weighted by atomic mass is 28.4. The van der Waals surface area contributed by atoms with Crippen molar-refractivity contribution in [2.24, 2.45) is 0 Å². The molecule has 2 nitrogen and oxygen atoms in total. The number of halogens is 3. The van der Waals surface area contributed by atoms with Crippen LogP contribution in [0.3, 0.4) is 0 Å². The van der Waals surface area contributed by atoms with Crippen LogP contribution in [0.1, 0.15) is 42.4 Å². The molecule has 1 atom stereocenters. The first-order valence-corrected chi connectivity index (χ1v) is 10.4. The summed E-state index contributed by atoms with van der Waals surface area (Å²) in [6.07, 6.45) is -1.41. The third-order valence-electron chi connectivity index (χ3n) is 4.75. The van der Waals surface area contributed by atoms with Crippen molar-refractivity contribution < 1.29 is 25.4 Å². The van der Waals surface area contributed by atoms with E-state index in [9.17, 15) is 9.50 Å². The predicted octanol–water partition coefficient (Wildman–Crippen LogP) is 5.08. The Morgan fingerprint density at radius 3 is 2.00 bits per heavy atom. The van der Waals surface area contributed by atoms with E-state index in [1.165, 1.54) is 19.1 Å². The molecule has 0 saturated heterocycles. The maximum absolute atomic E-state index is 15.1. The minimum absolute atomic E-state index is 0.0652. The Bertz CT molecular complexity index is 552. The maximum atomic E-state index is 15.1. The Balaban J connectivity index is 3.47. The fourth-order valence-electron chi connectivity index (χ4n) is 2.78. The Morgan fingerprint density at radius 2 is 1.61 bits per heavy atom. The summed E-state index contributed by atoms with van der Waals surface area (Å²) < 4.78 is 63.9. The van der Waals surface area contributed by atoms with Gasteiger partial charge in [-0.25, -0.2) is 13.2 Å². The summed E-state index contributed by atoms with van der Waals surface area (Å²) in [6.45, 7) is 3.84. The summed E-state index contributed by atoms with van der Waals surface area (Å²) in [5.41, 5.74) is -2.10. The molecular formula is C17H27F3O2Si. The first-order chi connectivity index (χ1) is 11.3. The van der Waals surface area contributed by atoms with Crippen molar-refractivity contribution in [1.29, 1.82) is 0 Å². The molecule has 0 saturated carbocycles. The molecule has 0 spiro atoms. The first kappa shape index (κ1) is 17.0. The van der Waals surface area contributed by atoms with Gasteiger partial charge in [-0.2, -0.15) is 0 Å². The lowest BCUT2D eigenvalue weighted by Crippen LogP contribution is -2.53. The van der Waals surface area contributed by atoms with Crippen LogP contribution < -0.4 is 0 Å². The van der Waals surface area contributed by atoms with Gasteiger partial charge in [0, 0.05) is 13.0 Å². The van der Waals surface area contributed by atoms with Crippen molar-refractivity contribution in [2.45, 2.75) is 63.8 Å². The standard InChI is InChI=1S/C17H27F3O2Si/c1-5-23(6-2,7-3)22-16(4,17(19,20)12-13-21)14-8-10-15(18)11-9-14/h8-11,21H,5-7,12-13H2,1-4H3/i13D2. The van der Waals surface area contributed by atoms with Crippen LogP contribution in [0.5, 0.6) is 0 Å². The van der Waals surface area contributed by atoms with Crippen molar-refractivity contribution in [3.63, 3.8) is 0 Å². The average molecular weight is 350 g/mol. The molecular weight excluding hydrogens is 321 g/mol. The molecule has 0 aliphatic rings. The van der Waals surface area contributed by atoms with E-state index in [0.29, 0.717) is 18.1 Å². The molecule has 1 aromatic carbocycles. The van der Waals surface area contributed by atoms with Crippen LogP contribution in [-0.2, 0) is 10.0 Å². The Hall–Kier alpha value is -0.853. The van der Waals surface area contributed by atoms with Crippen molar-refractivity contribution >= 4 is 8.32 Å². The SMILES string of the molecule is [2H]C([2H])(O)CC(F)(F)C(C)(O[Si](CC)(CC)CC)c1ccc(F)cc1. The zero-order valence-corrected chi connectivity index (χ0v) is 15.1. The number of alkyl halides is 2. The molecule has 23 heavy (non-hydrogen) atoms. The highest BCUT2D eigenvalue weighted by Gasteiger charge is 2.55. The topological polar surface area (TPSA) is 29.5 Å². The average Bonchev–Trinajstić information content (AvgIpc) is 2.51. The molecule has 1 aromatic rings. The van der Waals surface area contributed by atoms with E-state index >= 15 is 8.78 Å². The van der Waals surface area contributed by atoms with Crippen LogP contribution in [0.4, 0.5) is 13.2 Å². The fourth-order valence-corrected chi connectivity index (χ4v) is 5.85. The van der Waals surface area contributed by atoms with Gasteiger partial charge < -0.3 is 9.53 Å².